The lowest BCUT2D eigenvalue weighted by atomic mass is 10.1. The van der Waals surface area contributed by atoms with Gasteiger partial charge in [0.15, 0.2) is 0 Å². The largest absolute Gasteiger partial charge is 0.444 e. The van der Waals surface area contributed by atoms with Crippen LogP contribution in [0.2, 0.25) is 0 Å². The maximum absolute atomic E-state index is 5.49. The lowest BCUT2D eigenvalue weighted by Crippen LogP contribution is -2.15. The highest BCUT2D eigenvalue weighted by atomic mass is 16.4. The zero-order chi connectivity index (χ0) is 11.1. The Bertz CT molecular complexity index is 268. The molecule has 0 bridgehead atoms. The van der Waals surface area contributed by atoms with Crippen LogP contribution in [0.4, 0.5) is 0 Å². The van der Waals surface area contributed by atoms with Crippen LogP contribution < -0.4 is 5.32 Å². The van der Waals surface area contributed by atoms with E-state index in [-0.39, 0.29) is 0 Å². The van der Waals surface area contributed by atoms with Gasteiger partial charge in [0.05, 0.1) is 12.7 Å². The van der Waals surface area contributed by atoms with Gasteiger partial charge in [-0.1, -0.05) is 20.8 Å². The van der Waals surface area contributed by atoms with Crippen LogP contribution in [-0.2, 0) is 13.0 Å². The first-order chi connectivity index (χ1) is 7.22. The molecule has 1 heterocycles. The third kappa shape index (κ3) is 4.98. The van der Waals surface area contributed by atoms with Gasteiger partial charge in [-0.2, -0.15) is 0 Å². The number of nitrogens with zero attached hydrogens (tertiary/aromatic N) is 1. The van der Waals surface area contributed by atoms with Gasteiger partial charge in [0.2, 0.25) is 5.89 Å². The Balaban J connectivity index is 2.09. The highest BCUT2D eigenvalue weighted by molar-refractivity contribution is 4.93. The number of hydrogen-bond donors (Lipinski definition) is 1. The number of aryl methyl sites for hydroxylation is 1. The average Bonchev–Trinajstić information content (AvgIpc) is 2.65. The molecule has 0 radical (unpaired) electrons. The van der Waals surface area contributed by atoms with Gasteiger partial charge in [0, 0.05) is 6.42 Å². The van der Waals surface area contributed by atoms with Crippen molar-refractivity contribution in [3.8, 4) is 0 Å². The van der Waals surface area contributed by atoms with E-state index < -0.39 is 0 Å². The van der Waals surface area contributed by atoms with Crippen LogP contribution in [0.15, 0.2) is 10.6 Å². The molecule has 0 atom stereocenters. The molecule has 0 aliphatic rings. The van der Waals surface area contributed by atoms with E-state index in [1.165, 1.54) is 12.8 Å². The van der Waals surface area contributed by atoms with Crippen molar-refractivity contribution in [2.24, 2.45) is 5.92 Å². The minimum absolute atomic E-state index is 0.748. The Labute approximate surface area is 92.3 Å². The van der Waals surface area contributed by atoms with Gasteiger partial charge >= 0.3 is 0 Å². The van der Waals surface area contributed by atoms with E-state index in [0.29, 0.717) is 0 Å². The number of hydrogen-bond acceptors (Lipinski definition) is 3. The molecule has 0 aliphatic carbocycles. The molecule has 1 N–H and O–H groups in total. The van der Waals surface area contributed by atoms with Gasteiger partial charge in [-0.15, -0.1) is 0 Å². The molecule has 0 unspecified atom stereocenters. The molecule has 0 aromatic carbocycles. The predicted molar refractivity (Wildman–Crippen MR) is 61.7 cm³/mol. The van der Waals surface area contributed by atoms with E-state index in [1.807, 2.05) is 6.20 Å². The van der Waals surface area contributed by atoms with Crippen molar-refractivity contribution in [3.05, 3.63) is 17.8 Å². The molecule has 0 aliphatic heterocycles. The Hall–Kier alpha value is -0.830. The second kappa shape index (κ2) is 6.62. The van der Waals surface area contributed by atoms with E-state index in [2.05, 4.69) is 31.1 Å². The first-order valence-electron chi connectivity index (χ1n) is 5.86. The predicted octanol–water partition coefficient (Wildman–Crippen LogP) is 2.76. The van der Waals surface area contributed by atoms with Gasteiger partial charge in [-0.05, 0) is 25.3 Å². The van der Waals surface area contributed by atoms with Gasteiger partial charge in [-0.3, -0.25) is 0 Å². The topological polar surface area (TPSA) is 38.1 Å². The van der Waals surface area contributed by atoms with E-state index in [9.17, 15) is 0 Å². The second-order valence-corrected chi connectivity index (χ2v) is 4.29. The van der Waals surface area contributed by atoms with Crippen LogP contribution in [0.1, 0.15) is 45.3 Å². The number of aromatic nitrogens is 1. The fraction of sp³-hybridized carbons (Fsp3) is 0.750. The molecule has 0 fully saturated rings. The highest BCUT2D eigenvalue weighted by Crippen LogP contribution is 2.04. The summed E-state index contributed by atoms with van der Waals surface area (Å²) in [6, 6.07) is 0. The number of oxazole rings is 1. The molecular formula is C12H22N2O. The van der Waals surface area contributed by atoms with Crippen LogP contribution in [0.3, 0.4) is 0 Å². The van der Waals surface area contributed by atoms with E-state index in [4.69, 9.17) is 4.42 Å². The van der Waals surface area contributed by atoms with Crippen molar-refractivity contribution in [1.82, 2.24) is 10.3 Å². The molecule has 86 valence electrons. The molecular weight excluding hydrogens is 188 g/mol. The average molecular weight is 210 g/mol. The monoisotopic (exact) mass is 210 g/mol. The van der Waals surface area contributed by atoms with Crippen LogP contribution in [0.25, 0.3) is 0 Å². The van der Waals surface area contributed by atoms with Gasteiger partial charge in [0.25, 0.3) is 0 Å². The summed E-state index contributed by atoms with van der Waals surface area (Å²) < 4.78 is 5.49. The Morgan fingerprint density at radius 1 is 1.47 bits per heavy atom. The first kappa shape index (κ1) is 12.2. The first-order valence-corrected chi connectivity index (χ1v) is 5.86. The van der Waals surface area contributed by atoms with Gasteiger partial charge < -0.3 is 9.73 Å². The number of nitrogens with one attached hydrogen (secondary N) is 1. The van der Waals surface area contributed by atoms with Crippen LogP contribution in [-0.4, -0.2) is 11.5 Å². The molecule has 1 rings (SSSR count). The highest BCUT2D eigenvalue weighted by Gasteiger charge is 2.01. The van der Waals surface area contributed by atoms with Crippen molar-refractivity contribution < 1.29 is 4.42 Å². The zero-order valence-electron chi connectivity index (χ0n) is 10.0. The van der Waals surface area contributed by atoms with Gasteiger partial charge in [0.1, 0.15) is 5.76 Å². The smallest absolute Gasteiger partial charge is 0.208 e. The molecule has 3 heteroatoms. The molecule has 15 heavy (non-hydrogen) atoms. The van der Waals surface area contributed by atoms with E-state index in [1.54, 1.807) is 0 Å². The van der Waals surface area contributed by atoms with Crippen molar-refractivity contribution in [3.63, 3.8) is 0 Å². The van der Waals surface area contributed by atoms with Crippen LogP contribution in [0.5, 0.6) is 0 Å². The van der Waals surface area contributed by atoms with Crippen molar-refractivity contribution >= 4 is 0 Å². The molecule has 0 spiro atoms. The van der Waals surface area contributed by atoms with Crippen LogP contribution in [0, 0.1) is 5.92 Å². The Morgan fingerprint density at radius 3 is 2.87 bits per heavy atom. The molecule has 1 aromatic rings. The molecule has 3 nitrogen and oxygen atoms in total. The summed E-state index contributed by atoms with van der Waals surface area (Å²) in [6.07, 6.45) is 5.23. The summed E-state index contributed by atoms with van der Waals surface area (Å²) in [6.45, 7) is 8.36. The fourth-order valence-electron chi connectivity index (χ4n) is 1.42. The van der Waals surface area contributed by atoms with Crippen molar-refractivity contribution in [2.45, 2.75) is 46.6 Å². The Kier molecular flexibility index (Phi) is 5.40. The summed E-state index contributed by atoms with van der Waals surface area (Å²) in [5.41, 5.74) is 0. The zero-order valence-corrected chi connectivity index (χ0v) is 10.0. The summed E-state index contributed by atoms with van der Waals surface area (Å²) in [5.74, 6) is 2.56. The van der Waals surface area contributed by atoms with Crippen molar-refractivity contribution in [2.75, 3.05) is 6.54 Å². The lowest BCUT2D eigenvalue weighted by Gasteiger charge is -2.04. The summed E-state index contributed by atoms with van der Waals surface area (Å²) in [5, 5.41) is 3.34. The van der Waals surface area contributed by atoms with Crippen molar-refractivity contribution in [1.29, 1.82) is 0 Å². The third-order valence-corrected chi connectivity index (χ3v) is 2.36. The molecule has 0 amide bonds. The normalized spacial score (nSPS) is 11.2. The Morgan fingerprint density at radius 2 is 2.27 bits per heavy atom. The maximum atomic E-state index is 5.49. The fourth-order valence-corrected chi connectivity index (χ4v) is 1.42. The quantitative estimate of drug-likeness (QED) is 0.703. The second-order valence-electron chi connectivity index (χ2n) is 4.29. The van der Waals surface area contributed by atoms with E-state index in [0.717, 1.165) is 37.1 Å². The van der Waals surface area contributed by atoms with Gasteiger partial charge in [-0.25, -0.2) is 4.98 Å². The summed E-state index contributed by atoms with van der Waals surface area (Å²) in [4.78, 5) is 4.19. The standard InChI is InChI=1S/C12H22N2O/c1-4-11-8-14-12(15-11)9-13-7-5-6-10(2)3/h8,10,13H,4-7,9H2,1-3H3. The molecule has 1 aromatic heterocycles. The minimum Gasteiger partial charge on any atom is -0.444 e. The molecule has 0 saturated heterocycles. The summed E-state index contributed by atoms with van der Waals surface area (Å²) >= 11 is 0. The summed E-state index contributed by atoms with van der Waals surface area (Å²) in [7, 11) is 0. The SMILES string of the molecule is CCc1cnc(CNCCCC(C)C)o1. The third-order valence-electron chi connectivity index (χ3n) is 2.36. The number of rotatable bonds is 7. The lowest BCUT2D eigenvalue weighted by molar-refractivity contribution is 0.433. The van der Waals surface area contributed by atoms with Crippen LogP contribution >= 0.6 is 0 Å². The minimum atomic E-state index is 0.748. The van der Waals surface area contributed by atoms with E-state index >= 15 is 0 Å². The maximum Gasteiger partial charge on any atom is 0.208 e. The molecule has 0 saturated carbocycles.